The van der Waals surface area contributed by atoms with E-state index in [1.54, 1.807) is 37.7 Å². The molecule has 5 nitrogen and oxygen atoms in total. The molecule has 0 bridgehead atoms. The average molecular weight is 310 g/mol. The summed E-state index contributed by atoms with van der Waals surface area (Å²) in [5, 5.41) is 0.939. The molecule has 0 saturated carbocycles. The van der Waals surface area contributed by atoms with E-state index in [2.05, 4.69) is 4.98 Å². The molecule has 0 fully saturated rings. The van der Waals surface area contributed by atoms with Gasteiger partial charge in [-0.1, -0.05) is 6.07 Å². The molecule has 0 atom stereocenters. The van der Waals surface area contributed by atoms with Crippen LogP contribution >= 0.6 is 0 Å². The standard InChI is InChI=1S/C18H18N2O3/c1-20(11-13-4-3-7-19-10-13)18(21)8-14-12-23-17-9-15(22-2)5-6-16(14)17/h3-7,9-10,12H,8,11H2,1-2H3. The lowest BCUT2D eigenvalue weighted by molar-refractivity contribution is -0.129. The molecule has 0 N–H and O–H groups in total. The highest BCUT2D eigenvalue weighted by Crippen LogP contribution is 2.26. The van der Waals surface area contributed by atoms with Crippen LogP contribution in [0.25, 0.3) is 11.0 Å². The largest absolute Gasteiger partial charge is 0.497 e. The van der Waals surface area contributed by atoms with Crippen LogP contribution in [0.1, 0.15) is 11.1 Å². The van der Waals surface area contributed by atoms with E-state index in [9.17, 15) is 4.79 Å². The molecule has 0 radical (unpaired) electrons. The number of pyridine rings is 1. The van der Waals surface area contributed by atoms with Gasteiger partial charge in [-0.15, -0.1) is 0 Å². The zero-order chi connectivity index (χ0) is 16.2. The number of hydrogen-bond acceptors (Lipinski definition) is 4. The van der Waals surface area contributed by atoms with Crippen LogP contribution < -0.4 is 4.74 Å². The topological polar surface area (TPSA) is 55.6 Å². The molecule has 0 aliphatic rings. The lowest BCUT2D eigenvalue weighted by Gasteiger charge is -2.16. The van der Waals surface area contributed by atoms with Gasteiger partial charge in [-0.2, -0.15) is 0 Å². The normalized spacial score (nSPS) is 10.7. The summed E-state index contributed by atoms with van der Waals surface area (Å²) in [6.45, 7) is 0.538. The minimum absolute atomic E-state index is 0.0346. The Balaban J connectivity index is 1.72. The molecule has 0 unspecified atom stereocenters. The number of carbonyl (C=O) groups is 1. The number of likely N-dealkylation sites (N-methyl/N-ethyl adjacent to an activating group) is 1. The van der Waals surface area contributed by atoms with Gasteiger partial charge in [0, 0.05) is 43.0 Å². The fraction of sp³-hybridized carbons (Fsp3) is 0.222. The predicted octanol–water partition coefficient (Wildman–Crippen LogP) is 3.04. The number of nitrogens with zero attached hydrogens (tertiary/aromatic N) is 2. The van der Waals surface area contributed by atoms with Crippen LogP contribution in [0.3, 0.4) is 0 Å². The maximum absolute atomic E-state index is 12.4. The molecule has 23 heavy (non-hydrogen) atoms. The van der Waals surface area contributed by atoms with E-state index in [-0.39, 0.29) is 5.91 Å². The maximum atomic E-state index is 12.4. The number of furan rings is 1. The first-order valence-electron chi connectivity index (χ1n) is 7.34. The van der Waals surface area contributed by atoms with Crippen molar-refractivity contribution in [2.75, 3.05) is 14.2 Å². The number of methoxy groups -OCH3 is 1. The second kappa shape index (κ2) is 6.52. The third kappa shape index (κ3) is 3.34. The Hall–Kier alpha value is -2.82. The van der Waals surface area contributed by atoms with E-state index in [4.69, 9.17) is 9.15 Å². The van der Waals surface area contributed by atoms with Crippen LogP contribution in [-0.4, -0.2) is 29.9 Å². The molecular weight excluding hydrogens is 292 g/mol. The number of amides is 1. The minimum atomic E-state index is 0.0346. The van der Waals surface area contributed by atoms with Gasteiger partial charge in [-0.05, 0) is 23.8 Å². The lowest BCUT2D eigenvalue weighted by Crippen LogP contribution is -2.27. The fourth-order valence-corrected chi connectivity index (χ4v) is 2.48. The molecule has 0 spiro atoms. The van der Waals surface area contributed by atoms with Crippen molar-refractivity contribution >= 4 is 16.9 Å². The number of rotatable bonds is 5. The van der Waals surface area contributed by atoms with Gasteiger partial charge in [0.05, 0.1) is 19.8 Å². The Morgan fingerprint density at radius 1 is 1.35 bits per heavy atom. The maximum Gasteiger partial charge on any atom is 0.227 e. The average Bonchev–Trinajstić information content (AvgIpc) is 2.97. The summed E-state index contributed by atoms with van der Waals surface area (Å²) in [5.41, 5.74) is 2.61. The second-order valence-electron chi connectivity index (χ2n) is 5.41. The third-order valence-electron chi connectivity index (χ3n) is 3.77. The van der Waals surface area contributed by atoms with Crippen molar-refractivity contribution in [2.24, 2.45) is 0 Å². The Bertz CT molecular complexity index is 812. The van der Waals surface area contributed by atoms with Crippen molar-refractivity contribution in [1.29, 1.82) is 0 Å². The lowest BCUT2D eigenvalue weighted by atomic mass is 10.1. The van der Waals surface area contributed by atoms with Crippen molar-refractivity contribution in [3.8, 4) is 5.75 Å². The van der Waals surface area contributed by atoms with Crippen LogP contribution in [0.15, 0.2) is 53.4 Å². The van der Waals surface area contributed by atoms with Crippen molar-refractivity contribution in [1.82, 2.24) is 9.88 Å². The van der Waals surface area contributed by atoms with E-state index < -0.39 is 0 Å². The van der Waals surface area contributed by atoms with Crippen LogP contribution in [0.4, 0.5) is 0 Å². The van der Waals surface area contributed by atoms with E-state index >= 15 is 0 Å². The molecule has 1 aromatic carbocycles. The van der Waals surface area contributed by atoms with Crippen molar-refractivity contribution in [3.05, 3.63) is 60.1 Å². The Labute approximate surface area is 134 Å². The van der Waals surface area contributed by atoms with E-state index in [1.165, 1.54) is 0 Å². The molecule has 0 aliphatic carbocycles. The zero-order valence-electron chi connectivity index (χ0n) is 13.2. The highest BCUT2D eigenvalue weighted by Gasteiger charge is 2.14. The molecule has 3 aromatic rings. The molecular formula is C18H18N2O3. The zero-order valence-corrected chi connectivity index (χ0v) is 13.2. The second-order valence-corrected chi connectivity index (χ2v) is 5.41. The van der Waals surface area contributed by atoms with Gasteiger partial charge in [0.25, 0.3) is 0 Å². The van der Waals surface area contributed by atoms with Crippen LogP contribution in [0.5, 0.6) is 5.75 Å². The van der Waals surface area contributed by atoms with Crippen molar-refractivity contribution in [3.63, 3.8) is 0 Å². The van der Waals surface area contributed by atoms with E-state index in [0.717, 1.165) is 27.8 Å². The summed E-state index contributed by atoms with van der Waals surface area (Å²) in [5.74, 6) is 0.769. The third-order valence-corrected chi connectivity index (χ3v) is 3.77. The molecule has 1 amide bonds. The summed E-state index contributed by atoms with van der Waals surface area (Å²) in [4.78, 5) is 18.2. The number of carbonyl (C=O) groups excluding carboxylic acids is 1. The quantitative estimate of drug-likeness (QED) is 0.727. The summed E-state index contributed by atoms with van der Waals surface area (Å²) in [7, 11) is 3.41. The Morgan fingerprint density at radius 2 is 2.22 bits per heavy atom. The van der Waals surface area contributed by atoms with Crippen LogP contribution in [-0.2, 0) is 17.8 Å². The van der Waals surface area contributed by atoms with Gasteiger partial charge in [0.1, 0.15) is 11.3 Å². The van der Waals surface area contributed by atoms with Gasteiger partial charge in [0.2, 0.25) is 5.91 Å². The molecule has 118 valence electrons. The first-order chi connectivity index (χ1) is 11.2. The number of fused-ring (bicyclic) bond motifs is 1. The van der Waals surface area contributed by atoms with Gasteiger partial charge in [-0.25, -0.2) is 0 Å². The van der Waals surface area contributed by atoms with Crippen LogP contribution in [0, 0.1) is 0 Å². The molecule has 0 aliphatic heterocycles. The van der Waals surface area contributed by atoms with E-state index in [1.807, 2.05) is 30.3 Å². The smallest absolute Gasteiger partial charge is 0.227 e. The first kappa shape index (κ1) is 15.1. The highest BCUT2D eigenvalue weighted by molar-refractivity contribution is 5.88. The van der Waals surface area contributed by atoms with Gasteiger partial charge in [0.15, 0.2) is 0 Å². The van der Waals surface area contributed by atoms with Crippen molar-refractivity contribution < 1.29 is 13.9 Å². The SMILES string of the molecule is COc1ccc2c(CC(=O)N(C)Cc3cccnc3)coc2c1. The number of hydrogen-bond donors (Lipinski definition) is 0. The molecule has 2 heterocycles. The van der Waals surface area contributed by atoms with Crippen molar-refractivity contribution in [2.45, 2.75) is 13.0 Å². The minimum Gasteiger partial charge on any atom is -0.497 e. The molecule has 3 rings (SSSR count). The van der Waals surface area contributed by atoms with Crippen LogP contribution in [0.2, 0.25) is 0 Å². The summed E-state index contributed by atoms with van der Waals surface area (Å²) >= 11 is 0. The number of benzene rings is 1. The molecule has 5 heteroatoms. The summed E-state index contributed by atoms with van der Waals surface area (Å²) in [6.07, 6.45) is 5.43. The highest BCUT2D eigenvalue weighted by atomic mass is 16.5. The number of aromatic nitrogens is 1. The predicted molar refractivity (Wildman–Crippen MR) is 87.2 cm³/mol. The molecule has 2 aromatic heterocycles. The Kier molecular flexibility index (Phi) is 4.28. The monoisotopic (exact) mass is 310 g/mol. The van der Waals surface area contributed by atoms with Gasteiger partial charge < -0.3 is 14.1 Å². The van der Waals surface area contributed by atoms with Gasteiger partial charge in [-0.3, -0.25) is 9.78 Å². The van der Waals surface area contributed by atoms with Gasteiger partial charge >= 0.3 is 0 Å². The Morgan fingerprint density at radius 3 is 2.96 bits per heavy atom. The summed E-state index contributed by atoms with van der Waals surface area (Å²) < 4.78 is 10.7. The molecule has 0 saturated heterocycles. The summed E-state index contributed by atoms with van der Waals surface area (Å²) in [6, 6.07) is 9.43. The number of ether oxygens (including phenoxy) is 1. The first-order valence-corrected chi connectivity index (χ1v) is 7.34. The van der Waals surface area contributed by atoms with E-state index in [0.29, 0.717) is 13.0 Å². The fourth-order valence-electron chi connectivity index (χ4n) is 2.48.